The van der Waals surface area contributed by atoms with Gasteiger partial charge in [0.2, 0.25) is 5.91 Å². The zero-order valence-corrected chi connectivity index (χ0v) is 19.8. The van der Waals surface area contributed by atoms with Gasteiger partial charge >= 0.3 is 0 Å². The first-order valence-corrected chi connectivity index (χ1v) is 11.5. The van der Waals surface area contributed by atoms with Crippen LogP contribution in [0.2, 0.25) is 0 Å². The third-order valence-electron chi connectivity index (χ3n) is 5.55. The highest BCUT2D eigenvalue weighted by Crippen LogP contribution is 2.35. The average Bonchev–Trinajstić information content (AvgIpc) is 2.88. The first-order chi connectivity index (χ1) is 17.1. The maximum Gasteiger partial charge on any atom is 0.265 e. The number of amides is 2. The number of nitrogens with one attached hydrogen (secondary N) is 1. The number of rotatable bonds is 9. The van der Waals surface area contributed by atoms with Gasteiger partial charge in [-0.1, -0.05) is 36.4 Å². The van der Waals surface area contributed by atoms with Crippen LogP contribution in [0, 0.1) is 0 Å². The molecule has 1 aliphatic rings. The first-order valence-electron chi connectivity index (χ1n) is 11.5. The van der Waals surface area contributed by atoms with Gasteiger partial charge in [0.05, 0.1) is 19.4 Å². The van der Waals surface area contributed by atoms with E-state index in [0.717, 1.165) is 17.5 Å². The third kappa shape index (κ3) is 6.00. The molecule has 0 unspecified atom stereocenters. The van der Waals surface area contributed by atoms with Crippen molar-refractivity contribution in [3.63, 3.8) is 0 Å². The van der Waals surface area contributed by atoms with Gasteiger partial charge < -0.3 is 24.4 Å². The minimum absolute atomic E-state index is 0.00177. The molecule has 1 N–H and O–H groups in total. The number of nitrogens with zero attached hydrogens (tertiary/aromatic N) is 1. The van der Waals surface area contributed by atoms with E-state index in [1.165, 1.54) is 6.08 Å². The molecule has 0 bridgehead atoms. The Balaban J connectivity index is 1.45. The maximum absolute atomic E-state index is 12.6. The van der Waals surface area contributed by atoms with Crippen LogP contribution in [-0.4, -0.2) is 38.7 Å². The highest BCUT2D eigenvalue weighted by atomic mass is 16.5. The highest BCUT2D eigenvalue weighted by molar-refractivity contribution is 6.03. The summed E-state index contributed by atoms with van der Waals surface area (Å²) in [5.41, 5.74) is 3.17. The molecule has 0 atom stereocenters. The minimum atomic E-state index is -0.295. The average molecular weight is 473 g/mol. The van der Waals surface area contributed by atoms with Crippen LogP contribution in [-0.2, 0) is 16.0 Å². The second-order valence-electron chi connectivity index (χ2n) is 7.92. The fraction of sp³-hybridized carbons (Fsp3) is 0.214. The lowest BCUT2D eigenvalue weighted by atomic mass is 10.1. The molecule has 0 fully saturated rings. The zero-order chi connectivity index (χ0) is 24.6. The number of anilines is 2. The Kier molecular flexibility index (Phi) is 7.67. The normalized spacial score (nSPS) is 12.7. The molecular formula is C28H28N2O5. The molecule has 3 aromatic rings. The van der Waals surface area contributed by atoms with E-state index in [1.807, 2.05) is 49.4 Å². The summed E-state index contributed by atoms with van der Waals surface area (Å²) >= 11 is 0. The number of ether oxygens (including phenoxy) is 3. The van der Waals surface area contributed by atoms with Crippen LogP contribution in [0.15, 0.2) is 72.8 Å². The summed E-state index contributed by atoms with van der Waals surface area (Å²) in [6.45, 7) is 2.97. The van der Waals surface area contributed by atoms with Gasteiger partial charge in [0.15, 0.2) is 18.1 Å². The van der Waals surface area contributed by atoms with Crippen LogP contribution in [0.5, 0.6) is 17.2 Å². The lowest BCUT2D eigenvalue weighted by Crippen LogP contribution is -2.40. The monoisotopic (exact) mass is 472 g/mol. The summed E-state index contributed by atoms with van der Waals surface area (Å²) in [4.78, 5) is 26.9. The van der Waals surface area contributed by atoms with Crippen LogP contribution < -0.4 is 24.4 Å². The third-order valence-corrected chi connectivity index (χ3v) is 5.55. The van der Waals surface area contributed by atoms with Crippen molar-refractivity contribution < 1.29 is 23.8 Å². The summed E-state index contributed by atoms with van der Waals surface area (Å²) in [5.74, 6) is 1.47. The molecule has 0 aromatic heterocycles. The van der Waals surface area contributed by atoms with Gasteiger partial charge in [-0.15, -0.1) is 0 Å². The van der Waals surface area contributed by atoms with E-state index in [1.54, 1.807) is 42.4 Å². The minimum Gasteiger partial charge on any atom is -0.493 e. The largest absolute Gasteiger partial charge is 0.493 e. The number of carbonyl (C=O) groups excluding carboxylic acids is 2. The summed E-state index contributed by atoms with van der Waals surface area (Å²) in [6.07, 6.45) is 3.87. The molecule has 3 aromatic carbocycles. The van der Waals surface area contributed by atoms with Crippen molar-refractivity contribution in [1.82, 2.24) is 0 Å². The second kappa shape index (κ2) is 11.2. The number of fused-ring (bicyclic) bond motifs is 1. The molecule has 2 amide bonds. The smallest absolute Gasteiger partial charge is 0.265 e. The van der Waals surface area contributed by atoms with E-state index in [0.29, 0.717) is 41.8 Å². The van der Waals surface area contributed by atoms with Crippen molar-refractivity contribution >= 4 is 29.3 Å². The Morgan fingerprint density at radius 3 is 2.69 bits per heavy atom. The fourth-order valence-electron chi connectivity index (χ4n) is 3.83. The number of benzene rings is 3. The predicted octanol–water partition coefficient (Wildman–Crippen LogP) is 4.71. The van der Waals surface area contributed by atoms with E-state index < -0.39 is 0 Å². The Bertz CT molecular complexity index is 1220. The molecule has 1 heterocycles. The molecule has 4 rings (SSSR count). The van der Waals surface area contributed by atoms with Crippen molar-refractivity contribution in [3.05, 3.63) is 83.9 Å². The fourth-order valence-corrected chi connectivity index (χ4v) is 3.83. The summed E-state index contributed by atoms with van der Waals surface area (Å²) in [7, 11) is 1.58. The Hall–Kier alpha value is -4.26. The first kappa shape index (κ1) is 23.9. The lowest BCUT2D eigenvalue weighted by molar-refractivity contribution is -0.121. The molecule has 35 heavy (non-hydrogen) atoms. The van der Waals surface area contributed by atoms with Crippen molar-refractivity contribution in [2.75, 3.05) is 37.1 Å². The molecule has 0 aliphatic carbocycles. The van der Waals surface area contributed by atoms with Crippen LogP contribution >= 0.6 is 0 Å². The van der Waals surface area contributed by atoms with Gasteiger partial charge in [-0.25, -0.2) is 0 Å². The van der Waals surface area contributed by atoms with E-state index in [-0.39, 0.29) is 18.4 Å². The Morgan fingerprint density at radius 1 is 1.09 bits per heavy atom. The maximum atomic E-state index is 12.6. The number of carbonyl (C=O) groups is 2. The van der Waals surface area contributed by atoms with Gasteiger partial charge in [-0.3, -0.25) is 9.59 Å². The van der Waals surface area contributed by atoms with Crippen LogP contribution in [0.25, 0.3) is 6.08 Å². The van der Waals surface area contributed by atoms with Crippen molar-refractivity contribution in [1.29, 1.82) is 0 Å². The van der Waals surface area contributed by atoms with Crippen LogP contribution in [0.1, 0.15) is 18.1 Å². The second-order valence-corrected chi connectivity index (χ2v) is 7.92. The van der Waals surface area contributed by atoms with E-state index in [4.69, 9.17) is 14.2 Å². The summed E-state index contributed by atoms with van der Waals surface area (Å²) < 4.78 is 16.5. The van der Waals surface area contributed by atoms with Gasteiger partial charge in [0.1, 0.15) is 5.75 Å². The topological polar surface area (TPSA) is 77.1 Å². The zero-order valence-electron chi connectivity index (χ0n) is 19.8. The highest BCUT2D eigenvalue weighted by Gasteiger charge is 2.25. The molecule has 1 aliphatic heterocycles. The van der Waals surface area contributed by atoms with Crippen molar-refractivity contribution in [3.8, 4) is 17.2 Å². The van der Waals surface area contributed by atoms with Crippen LogP contribution in [0.4, 0.5) is 11.4 Å². The quantitative estimate of drug-likeness (QED) is 0.456. The van der Waals surface area contributed by atoms with Crippen molar-refractivity contribution in [2.24, 2.45) is 0 Å². The van der Waals surface area contributed by atoms with E-state index in [2.05, 4.69) is 5.32 Å². The van der Waals surface area contributed by atoms with Gasteiger partial charge in [-0.05, 0) is 60.9 Å². The van der Waals surface area contributed by atoms with Gasteiger partial charge in [-0.2, -0.15) is 0 Å². The Labute approximate surface area is 204 Å². The SMILES string of the molecule is CCOc1ccc(/C=C/C(=O)Nc2ccc3c(c2)N(CCc2ccccc2)C(=O)CO3)cc1OC. The van der Waals surface area contributed by atoms with Gasteiger partial charge in [0, 0.05) is 18.3 Å². The van der Waals surface area contributed by atoms with Crippen LogP contribution in [0.3, 0.4) is 0 Å². The molecule has 180 valence electrons. The number of hydrogen-bond acceptors (Lipinski definition) is 5. The molecule has 7 nitrogen and oxygen atoms in total. The Morgan fingerprint density at radius 2 is 1.91 bits per heavy atom. The molecule has 7 heteroatoms. The molecule has 0 spiro atoms. The molecular weight excluding hydrogens is 444 g/mol. The van der Waals surface area contributed by atoms with Gasteiger partial charge in [0.25, 0.3) is 5.91 Å². The lowest BCUT2D eigenvalue weighted by Gasteiger charge is -2.30. The van der Waals surface area contributed by atoms with Crippen molar-refractivity contribution in [2.45, 2.75) is 13.3 Å². The molecule has 0 saturated carbocycles. The van der Waals surface area contributed by atoms with E-state index >= 15 is 0 Å². The summed E-state index contributed by atoms with van der Waals surface area (Å²) in [5, 5.41) is 2.86. The van der Waals surface area contributed by atoms with E-state index in [9.17, 15) is 9.59 Å². The number of methoxy groups -OCH3 is 1. The predicted molar refractivity (Wildman–Crippen MR) is 136 cm³/mol. The standard InChI is InChI=1S/C28H28N2O5/c1-3-34-25-12-9-21(17-26(25)33-2)10-14-27(31)29-22-11-13-24-23(18-22)30(28(32)19-35-24)16-15-20-7-5-4-6-8-20/h4-14,17-18H,3,15-16,19H2,1-2H3,(H,29,31)/b14-10+. The molecule has 0 radical (unpaired) electrons. The summed E-state index contributed by atoms with van der Waals surface area (Å²) in [6, 6.07) is 20.8. The number of hydrogen-bond donors (Lipinski definition) is 1. The molecule has 0 saturated heterocycles.